The molecule has 2 atom stereocenters. The van der Waals surface area contributed by atoms with E-state index in [-0.39, 0.29) is 12.3 Å². The normalized spacial score (nSPS) is 31.2. The van der Waals surface area contributed by atoms with E-state index in [1.165, 1.54) is 0 Å². The molecule has 14 heavy (non-hydrogen) atoms. The van der Waals surface area contributed by atoms with Gasteiger partial charge in [-0.1, -0.05) is 18.2 Å². The predicted octanol–water partition coefficient (Wildman–Crippen LogP) is 2.23. The first-order valence-electron chi connectivity index (χ1n) is 4.56. The number of halogens is 3. The van der Waals surface area contributed by atoms with Gasteiger partial charge in [-0.15, -0.1) is 0 Å². The lowest BCUT2D eigenvalue weighted by molar-refractivity contribution is -0.153. The van der Waals surface area contributed by atoms with Crippen LogP contribution in [0.3, 0.4) is 0 Å². The highest BCUT2D eigenvalue weighted by molar-refractivity contribution is 5.98. The Bertz CT molecular complexity index is 312. The lowest BCUT2D eigenvalue weighted by Gasteiger charge is -2.17. The molecule has 1 radical (unpaired) electrons. The molecule has 75 valence electrons. The molecule has 0 spiro atoms. The minimum atomic E-state index is -4.19. The summed E-state index contributed by atoms with van der Waals surface area (Å²) in [6.45, 7) is 0. The van der Waals surface area contributed by atoms with E-state index < -0.39 is 12.2 Å². The van der Waals surface area contributed by atoms with Crippen LogP contribution < -0.4 is 4.99 Å². The Labute approximate surface area is 80.0 Å². The van der Waals surface area contributed by atoms with Crippen molar-refractivity contribution in [1.82, 2.24) is 4.99 Å². The first-order valence-corrected chi connectivity index (χ1v) is 4.56. The first kappa shape index (κ1) is 9.49. The molecular formula is C10H10F3N+. The second kappa shape index (κ2) is 3.26. The van der Waals surface area contributed by atoms with E-state index in [0.29, 0.717) is 12.1 Å². The molecule has 2 aliphatic rings. The summed E-state index contributed by atoms with van der Waals surface area (Å²) in [4.78, 5) is 3.73. The maximum atomic E-state index is 12.4. The summed E-state index contributed by atoms with van der Waals surface area (Å²) in [5.41, 5.74) is 0.570. The van der Waals surface area contributed by atoms with Crippen LogP contribution in [-0.4, -0.2) is 17.9 Å². The number of allylic oxidation sites excluding steroid dienone is 4. The average Bonchev–Trinajstić information content (AvgIpc) is 2.16. The summed E-state index contributed by atoms with van der Waals surface area (Å²) in [6.07, 6.45) is 3.63. The van der Waals surface area contributed by atoms with Crippen molar-refractivity contribution < 1.29 is 13.2 Å². The van der Waals surface area contributed by atoms with E-state index in [2.05, 4.69) is 4.99 Å². The van der Waals surface area contributed by atoms with Crippen molar-refractivity contribution in [2.24, 2.45) is 5.92 Å². The third-order valence-electron chi connectivity index (χ3n) is 2.54. The quantitative estimate of drug-likeness (QED) is 0.570. The van der Waals surface area contributed by atoms with Gasteiger partial charge in [0.25, 0.3) is 5.71 Å². The number of rotatable bonds is 0. The van der Waals surface area contributed by atoms with Crippen LogP contribution >= 0.6 is 0 Å². The Kier molecular flexibility index (Phi) is 2.21. The fourth-order valence-corrected chi connectivity index (χ4v) is 1.78. The van der Waals surface area contributed by atoms with Crippen LogP contribution in [0.2, 0.25) is 0 Å². The summed E-state index contributed by atoms with van der Waals surface area (Å²) in [6, 6.07) is -1.50. The van der Waals surface area contributed by atoms with Gasteiger partial charge in [-0.05, 0) is 6.42 Å². The fourth-order valence-electron chi connectivity index (χ4n) is 1.78. The molecule has 0 fully saturated rings. The minimum Gasteiger partial charge on any atom is -0.164 e. The van der Waals surface area contributed by atoms with E-state index in [4.69, 9.17) is 0 Å². The number of aliphatic imine (C=N–C) groups is 1. The van der Waals surface area contributed by atoms with Crippen LogP contribution in [-0.2, 0) is 0 Å². The summed E-state index contributed by atoms with van der Waals surface area (Å²) >= 11 is 0. The number of hydrogen-bond donors (Lipinski definition) is 0. The van der Waals surface area contributed by atoms with Crippen LogP contribution in [0.25, 0.3) is 0 Å². The molecular weight excluding hydrogens is 191 g/mol. The Morgan fingerprint density at radius 2 is 2.00 bits per heavy atom. The zero-order chi connectivity index (χ0) is 10.2. The van der Waals surface area contributed by atoms with Crippen molar-refractivity contribution in [1.29, 1.82) is 0 Å². The van der Waals surface area contributed by atoms with Crippen molar-refractivity contribution in [3.8, 4) is 0 Å². The van der Waals surface area contributed by atoms with Crippen molar-refractivity contribution in [2.75, 3.05) is 0 Å². The molecule has 0 aromatic rings. The fraction of sp³-hybridized carbons (Fsp3) is 0.500. The molecule has 0 amide bonds. The molecule has 1 aliphatic carbocycles. The number of alkyl halides is 3. The number of fused-ring (bicyclic) bond motifs is 1. The molecule has 1 aliphatic heterocycles. The molecule has 0 aromatic carbocycles. The second-order valence-electron chi connectivity index (χ2n) is 3.54. The third-order valence-corrected chi connectivity index (χ3v) is 2.54. The summed E-state index contributed by atoms with van der Waals surface area (Å²) in [7, 11) is 0. The summed E-state index contributed by atoms with van der Waals surface area (Å²) in [5, 5.41) is 0. The highest BCUT2D eigenvalue weighted by atomic mass is 19.4. The van der Waals surface area contributed by atoms with Gasteiger partial charge in [0, 0.05) is 17.5 Å². The smallest absolute Gasteiger partial charge is 0.164 e. The van der Waals surface area contributed by atoms with Crippen LogP contribution in [0.5, 0.6) is 0 Å². The predicted molar refractivity (Wildman–Crippen MR) is 48.0 cm³/mol. The Hall–Kier alpha value is -1.06. The zero-order valence-electron chi connectivity index (χ0n) is 7.46. The van der Waals surface area contributed by atoms with Crippen LogP contribution in [0.4, 0.5) is 13.2 Å². The largest absolute Gasteiger partial charge is 0.458 e. The van der Waals surface area contributed by atoms with Crippen LogP contribution in [0, 0.1) is 5.92 Å². The monoisotopic (exact) mass is 201 g/mol. The zero-order valence-corrected chi connectivity index (χ0v) is 7.46. The van der Waals surface area contributed by atoms with Crippen molar-refractivity contribution in [3.05, 3.63) is 24.3 Å². The highest BCUT2D eigenvalue weighted by Gasteiger charge is 2.51. The molecule has 1 heterocycles. The van der Waals surface area contributed by atoms with Crippen molar-refractivity contribution in [2.45, 2.75) is 25.1 Å². The average molecular weight is 201 g/mol. The van der Waals surface area contributed by atoms with Gasteiger partial charge in [0.05, 0.1) is 5.92 Å². The van der Waals surface area contributed by atoms with Crippen molar-refractivity contribution in [3.63, 3.8) is 0 Å². The topological polar surface area (TPSA) is 14.1 Å². The standard InChI is InChI=1S/C10H10F3N/c11-10(12,13)9-6-5-7-3-1-2-4-8(7)14-9/h1-4,7,9H,5-6H2/q+1. The lowest BCUT2D eigenvalue weighted by Crippen LogP contribution is -2.40. The van der Waals surface area contributed by atoms with Gasteiger partial charge in [0.15, 0.2) is 0 Å². The van der Waals surface area contributed by atoms with Gasteiger partial charge in [-0.25, -0.2) is 0 Å². The Morgan fingerprint density at radius 3 is 2.71 bits per heavy atom. The maximum Gasteiger partial charge on any atom is 0.458 e. The molecule has 2 rings (SSSR count). The molecule has 0 aromatic heterocycles. The van der Waals surface area contributed by atoms with Gasteiger partial charge >= 0.3 is 12.2 Å². The van der Waals surface area contributed by atoms with E-state index >= 15 is 0 Å². The number of nitrogens with zero attached hydrogens (tertiary/aromatic N) is 1. The van der Waals surface area contributed by atoms with Crippen LogP contribution in [0.15, 0.2) is 24.3 Å². The Morgan fingerprint density at radius 1 is 1.21 bits per heavy atom. The Balaban J connectivity index is 2.22. The molecule has 1 nitrogen and oxygen atoms in total. The third kappa shape index (κ3) is 1.74. The SMILES string of the molecule is FC(F)(F)C1CCC2C=CC=CC2=[N+]1. The minimum absolute atomic E-state index is 0.0959. The van der Waals surface area contributed by atoms with Crippen LogP contribution in [0.1, 0.15) is 12.8 Å². The highest BCUT2D eigenvalue weighted by Crippen LogP contribution is 2.29. The summed E-state index contributed by atoms with van der Waals surface area (Å²) < 4.78 is 37.1. The molecule has 0 bridgehead atoms. The second-order valence-corrected chi connectivity index (χ2v) is 3.54. The van der Waals surface area contributed by atoms with Gasteiger partial charge in [0.1, 0.15) is 0 Å². The van der Waals surface area contributed by atoms with E-state index in [0.717, 1.165) is 0 Å². The maximum absolute atomic E-state index is 12.4. The molecule has 0 saturated carbocycles. The summed E-state index contributed by atoms with van der Waals surface area (Å²) in [5.74, 6) is 0.0959. The van der Waals surface area contributed by atoms with E-state index in [1.54, 1.807) is 12.2 Å². The van der Waals surface area contributed by atoms with Gasteiger partial charge in [-0.3, -0.25) is 0 Å². The van der Waals surface area contributed by atoms with Gasteiger partial charge < -0.3 is 0 Å². The van der Waals surface area contributed by atoms with Gasteiger partial charge in [-0.2, -0.15) is 13.2 Å². The van der Waals surface area contributed by atoms with E-state index in [1.807, 2.05) is 12.2 Å². The van der Waals surface area contributed by atoms with Crippen molar-refractivity contribution >= 4 is 5.71 Å². The first-order chi connectivity index (χ1) is 6.57. The molecule has 0 saturated heterocycles. The molecule has 0 N–H and O–H groups in total. The van der Waals surface area contributed by atoms with Gasteiger partial charge in [0.2, 0.25) is 0 Å². The molecule has 2 unspecified atom stereocenters. The van der Waals surface area contributed by atoms with E-state index in [9.17, 15) is 13.2 Å². The lowest BCUT2D eigenvalue weighted by atomic mass is 9.88. The number of hydrogen-bond acceptors (Lipinski definition) is 1. The molecule has 4 heteroatoms.